The monoisotopic (exact) mass is 200 g/mol. The number of aromatic nitrogens is 1. The second kappa shape index (κ2) is 4.89. The standard InChI is InChI=1S/C13H16N2/c1-2-14-9-7-11-5-6-12-4-3-8-15-13(12)10-11/h3-6,8,10,14H,2,7,9H2,1H3. The van der Waals surface area contributed by atoms with Gasteiger partial charge in [0, 0.05) is 11.6 Å². The SMILES string of the molecule is CCNCCc1ccc2cccnc2c1. The summed E-state index contributed by atoms with van der Waals surface area (Å²) in [6, 6.07) is 10.6. The molecule has 15 heavy (non-hydrogen) atoms. The van der Waals surface area contributed by atoms with Gasteiger partial charge in [-0.3, -0.25) is 4.98 Å². The lowest BCUT2D eigenvalue weighted by atomic mass is 10.1. The molecule has 1 N–H and O–H groups in total. The second-order valence-electron chi connectivity index (χ2n) is 3.63. The van der Waals surface area contributed by atoms with Crippen molar-refractivity contribution in [2.45, 2.75) is 13.3 Å². The Morgan fingerprint density at radius 2 is 2.20 bits per heavy atom. The van der Waals surface area contributed by atoms with Gasteiger partial charge in [0.1, 0.15) is 0 Å². The number of benzene rings is 1. The van der Waals surface area contributed by atoms with Crippen molar-refractivity contribution < 1.29 is 0 Å². The molecule has 0 aliphatic heterocycles. The van der Waals surface area contributed by atoms with Crippen LogP contribution in [0.3, 0.4) is 0 Å². The second-order valence-corrected chi connectivity index (χ2v) is 3.63. The van der Waals surface area contributed by atoms with Crippen molar-refractivity contribution in [3.8, 4) is 0 Å². The van der Waals surface area contributed by atoms with Crippen molar-refractivity contribution in [3.63, 3.8) is 0 Å². The minimum atomic E-state index is 1.03. The Bertz CT molecular complexity index is 437. The number of nitrogens with zero attached hydrogens (tertiary/aromatic N) is 1. The van der Waals surface area contributed by atoms with E-state index in [4.69, 9.17) is 0 Å². The topological polar surface area (TPSA) is 24.9 Å². The van der Waals surface area contributed by atoms with E-state index in [0.717, 1.165) is 25.0 Å². The van der Waals surface area contributed by atoms with E-state index in [2.05, 4.69) is 41.5 Å². The predicted octanol–water partition coefficient (Wildman–Crippen LogP) is 2.39. The Hall–Kier alpha value is -1.41. The molecule has 0 radical (unpaired) electrons. The molecule has 0 saturated carbocycles. The number of pyridine rings is 1. The van der Waals surface area contributed by atoms with Gasteiger partial charge in [0.2, 0.25) is 0 Å². The summed E-state index contributed by atoms with van der Waals surface area (Å²) >= 11 is 0. The smallest absolute Gasteiger partial charge is 0.0704 e. The first-order valence-corrected chi connectivity index (χ1v) is 5.44. The van der Waals surface area contributed by atoms with Crippen LogP contribution in [-0.2, 0) is 6.42 Å². The van der Waals surface area contributed by atoms with Crippen LogP contribution in [0.4, 0.5) is 0 Å². The van der Waals surface area contributed by atoms with Gasteiger partial charge in [-0.2, -0.15) is 0 Å². The molecular weight excluding hydrogens is 184 g/mol. The number of rotatable bonds is 4. The predicted molar refractivity (Wildman–Crippen MR) is 64.0 cm³/mol. The molecule has 78 valence electrons. The van der Waals surface area contributed by atoms with Gasteiger partial charge >= 0.3 is 0 Å². The van der Waals surface area contributed by atoms with Gasteiger partial charge in [-0.15, -0.1) is 0 Å². The van der Waals surface area contributed by atoms with Gasteiger partial charge in [-0.05, 0) is 37.2 Å². The van der Waals surface area contributed by atoms with E-state index in [9.17, 15) is 0 Å². The van der Waals surface area contributed by atoms with Crippen LogP contribution < -0.4 is 5.32 Å². The Kier molecular flexibility index (Phi) is 3.30. The first kappa shape index (κ1) is 10.1. The molecule has 2 aromatic rings. The Morgan fingerprint density at radius 3 is 3.07 bits per heavy atom. The van der Waals surface area contributed by atoms with Crippen LogP contribution in [0.25, 0.3) is 10.9 Å². The maximum absolute atomic E-state index is 4.35. The van der Waals surface area contributed by atoms with E-state index >= 15 is 0 Å². The number of hydrogen-bond acceptors (Lipinski definition) is 2. The molecule has 0 atom stereocenters. The van der Waals surface area contributed by atoms with E-state index in [1.165, 1.54) is 10.9 Å². The van der Waals surface area contributed by atoms with Crippen LogP contribution in [-0.4, -0.2) is 18.1 Å². The van der Waals surface area contributed by atoms with Gasteiger partial charge in [0.25, 0.3) is 0 Å². The molecule has 1 aromatic carbocycles. The zero-order valence-electron chi connectivity index (χ0n) is 9.03. The van der Waals surface area contributed by atoms with Crippen molar-refractivity contribution in [1.29, 1.82) is 0 Å². The highest BCUT2D eigenvalue weighted by Crippen LogP contribution is 2.13. The van der Waals surface area contributed by atoms with Gasteiger partial charge in [0.15, 0.2) is 0 Å². The van der Waals surface area contributed by atoms with Crippen molar-refractivity contribution in [2.75, 3.05) is 13.1 Å². The summed E-state index contributed by atoms with van der Waals surface area (Å²) in [6.45, 7) is 4.20. The highest BCUT2D eigenvalue weighted by Gasteiger charge is 1.96. The minimum absolute atomic E-state index is 1.03. The van der Waals surface area contributed by atoms with E-state index in [-0.39, 0.29) is 0 Å². The third kappa shape index (κ3) is 2.54. The molecule has 0 aliphatic carbocycles. The Balaban J connectivity index is 2.16. The zero-order chi connectivity index (χ0) is 10.5. The molecule has 1 aromatic heterocycles. The van der Waals surface area contributed by atoms with E-state index in [1.807, 2.05) is 12.3 Å². The first-order chi connectivity index (χ1) is 7.40. The summed E-state index contributed by atoms with van der Waals surface area (Å²) in [5.74, 6) is 0. The van der Waals surface area contributed by atoms with Gasteiger partial charge < -0.3 is 5.32 Å². The fraction of sp³-hybridized carbons (Fsp3) is 0.308. The summed E-state index contributed by atoms with van der Waals surface area (Å²) in [4.78, 5) is 4.35. The third-order valence-corrected chi connectivity index (χ3v) is 2.51. The molecule has 0 spiro atoms. The van der Waals surface area contributed by atoms with Crippen molar-refractivity contribution in [2.24, 2.45) is 0 Å². The van der Waals surface area contributed by atoms with Crippen LogP contribution in [0.1, 0.15) is 12.5 Å². The summed E-state index contributed by atoms with van der Waals surface area (Å²) < 4.78 is 0. The summed E-state index contributed by atoms with van der Waals surface area (Å²) in [5.41, 5.74) is 2.44. The summed E-state index contributed by atoms with van der Waals surface area (Å²) in [7, 11) is 0. The largest absolute Gasteiger partial charge is 0.317 e. The number of nitrogens with one attached hydrogen (secondary N) is 1. The van der Waals surface area contributed by atoms with Crippen LogP contribution in [0, 0.1) is 0 Å². The van der Waals surface area contributed by atoms with E-state index < -0.39 is 0 Å². The lowest BCUT2D eigenvalue weighted by molar-refractivity contribution is 0.717. The normalized spacial score (nSPS) is 10.7. The van der Waals surface area contributed by atoms with Crippen LogP contribution in [0.2, 0.25) is 0 Å². The number of fused-ring (bicyclic) bond motifs is 1. The van der Waals surface area contributed by atoms with E-state index in [1.54, 1.807) is 0 Å². The van der Waals surface area contributed by atoms with Crippen LogP contribution >= 0.6 is 0 Å². The molecule has 2 heteroatoms. The Labute approximate surface area is 90.3 Å². The van der Waals surface area contributed by atoms with Gasteiger partial charge in [-0.1, -0.05) is 25.1 Å². The van der Waals surface area contributed by atoms with Crippen LogP contribution in [0.15, 0.2) is 36.5 Å². The molecule has 0 fully saturated rings. The number of hydrogen-bond donors (Lipinski definition) is 1. The zero-order valence-corrected chi connectivity index (χ0v) is 9.03. The van der Waals surface area contributed by atoms with Crippen molar-refractivity contribution in [3.05, 3.63) is 42.1 Å². The average Bonchev–Trinajstić information content (AvgIpc) is 2.29. The maximum atomic E-state index is 4.35. The van der Waals surface area contributed by atoms with Crippen molar-refractivity contribution >= 4 is 10.9 Å². The maximum Gasteiger partial charge on any atom is 0.0704 e. The fourth-order valence-electron chi connectivity index (χ4n) is 1.68. The van der Waals surface area contributed by atoms with Crippen LogP contribution in [0.5, 0.6) is 0 Å². The van der Waals surface area contributed by atoms with Crippen molar-refractivity contribution in [1.82, 2.24) is 10.3 Å². The molecule has 2 rings (SSSR count). The van der Waals surface area contributed by atoms with Gasteiger partial charge in [-0.25, -0.2) is 0 Å². The number of likely N-dealkylation sites (N-methyl/N-ethyl adjacent to an activating group) is 1. The fourth-order valence-corrected chi connectivity index (χ4v) is 1.68. The lowest BCUT2D eigenvalue weighted by Crippen LogP contribution is -2.15. The minimum Gasteiger partial charge on any atom is -0.317 e. The molecule has 0 aliphatic rings. The van der Waals surface area contributed by atoms with Gasteiger partial charge in [0.05, 0.1) is 5.52 Å². The molecule has 0 amide bonds. The summed E-state index contributed by atoms with van der Waals surface area (Å²) in [5, 5.41) is 4.54. The molecular formula is C13H16N2. The molecule has 2 nitrogen and oxygen atoms in total. The average molecular weight is 200 g/mol. The lowest BCUT2D eigenvalue weighted by Gasteiger charge is -2.03. The quantitative estimate of drug-likeness (QED) is 0.766. The first-order valence-electron chi connectivity index (χ1n) is 5.44. The highest BCUT2D eigenvalue weighted by atomic mass is 14.8. The molecule has 0 saturated heterocycles. The van der Waals surface area contributed by atoms with E-state index in [0.29, 0.717) is 0 Å². The molecule has 0 unspecified atom stereocenters. The molecule has 1 heterocycles. The third-order valence-electron chi connectivity index (χ3n) is 2.51. The Morgan fingerprint density at radius 1 is 1.27 bits per heavy atom. The highest BCUT2D eigenvalue weighted by molar-refractivity contribution is 5.78. The summed E-state index contributed by atoms with van der Waals surface area (Å²) in [6.07, 6.45) is 2.91. The molecule has 0 bridgehead atoms.